The predicted octanol–water partition coefficient (Wildman–Crippen LogP) is 2.94. The third-order valence-corrected chi connectivity index (χ3v) is 4.34. The number of quaternary nitrogens is 1. The lowest BCUT2D eigenvalue weighted by atomic mass is 10.1. The lowest BCUT2D eigenvalue weighted by Gasteiger charge is -2.31. The van der Waals surface area contributed by atoms with Crippen LogP contribution in [-0.4, -0.2) is 52.4 Å². The van der Waals surface area contributed by atoms with Crippen molar-refractivity contribution in [1.29, 1.82) is 0 Å². The van der Waals surface area contributed by atoms with Crippen molar-refractivity contribution < 1.29 is 28.7 Å². The predicted molar refractivity (Wildman–Crippen MR) is 95.6 cm³/mol. The molecule has 1 heterocycles. The van der Waals surface area contributed by atoms with Gasteiger partial charge in [0.1, 0.15) is 11.6 Å². The quantitative estimate of drug-likeness (QED) is 0.803. The van der Waals surface area contributed by atoms with Crippen molar-refractivity contribution in [3.63, 3.8) is 0 Å². The fraction of sp³-hybridized carbons (Fsp3) is 0.526. The Morgan fingerprint density at radius 3 is 2.23 bits per heavy atom. The molecule has 0 saturated carbocycles. The zero-order valence-corrected chi connectivity index (χ0v) is 15.5. The Hall–Kier alpha value is -2.41. The standard InChI is InChI=1S/C19H26N2O5/c1-19(2,3)26-18(25)21(11-7-8-12-21)17(24)20-15(16(22)23)13-14-9-5-4-6-10-14/h4-6,9-10,15H,7-8,11-13H2,1-3H3,(H-,20,22,23,24)/p+1. The molecule has 1 saturated heterocycles. The number of nitrogens with one attached hydrogen (secondary N) is 1. The van der Waals surface area contributed by atoms with E-state index in [0.29, 0.717) is 25.9 Å². The maximum Gasteiger partial charge on any atom is 0.525 e. The zero-order valence-electron chi connectivity index (χ0n) is 15.5. The molecule has 0 radical (unpaired) electrons. The molecule has 0 aliphatic carbocycles. The summed E-state index contributed by atoms with van der Waals surface area (Å²) in [5.41, 5.74) is 0.0759. The number of benzene rings is 1. The van der Waals surface area contributed by atoms with Gasteiger partial charge in [-0.05, 0) is 26.3 Å². The topological polar surface area (TPSA) is 92.7 Å². The number of ether oxygens (including phenoxy) is 1. The normalized spacial score (nSPS) is 17.3. The van der Waals surface area contributed by atoms with Crippen LogP contribution >= 0.6 is 0 Å². The van der Waals surface area contributed by atoms with E-state index < -0.39 is 34.2 Å². The average molecular weight is 363 g/mol. The minimum Gasteiger partial charge on any atom is -0.480 e. The van der Waals surface area contributed by atoms with Crippen LogP contribution in [0.1, 0.15) is 39.2 Å². The van der Waals surface area contributed by atoms with E-state index in [1.54, 1.807) is 32.9 Å². The van der Waals surface area contributed by atoms with E-state index in [4.69, 9.17) is 4.74 Å². The number of imide groups is 1. The van der Waals surface area contributed by atoms with Crippen molar-refractivity contribution in [3.05, 3.63) is 35.9 Å². The van der Waals surface area contributed by atoms with Gasteiger partial charge in [0.05, 0.1) is 13.1 Å². The Morgan fingerprint density at radius 1 is 1.15 bits per heavy atom. The van der Waals surface area contributed by atoms with Gasteiger partial charge in [0, 0.05) is 19.3 Å². The minimum absolute atomic E-state index is 0.149. The largest absolute Gasteiger partial charge is 0.525 e. The summed E-state index contributed by atoms with van der Waals surface area (Å²) in [5.74, 6) is -1.14. The Bertz CT molecular complexity index is 660. The van der Waals surface area contributed by atoms with Crippen LogP contribution in [0.4, 0.5) is 9.59 Å². The second-order valence-corrected chi connectivity index (χ2v) is 7.63. The van der Waals surface area contributed by atoms with E-state index in [1.165, 1.54) is 0 Å². The third-order valence-electron chi connectivity index (χ3n) is 4.34. The number of carboxylic acid groups (broad SMARTS) is 1. The molecule has 1 aliphatic heterocycles. The summed E-state index contributed by atoms with van der Waals surface area (Å²) < 4.78 is 4.93. The van der Waals surface area contributed by atoms with E-state index in [1.807, 2.05) is 18.2 Å². The molecule has 2 N–H and O–H groups in total. The number of likely N-dealkylation sites (tertiary alicyclic amines) is 1. The van der Waals surface area contributed by atoms with Crippen molar-refractivity contribution in [2.75, 3.05) is 13.1 Å². The van der Waals surface area contributed by atoms with E-state index in [2.05, 4.69) is 5.32 Å². The summed E-state index contributed by atoms with van der Waals surface area (Å²) in [7, 11) is 0. The molecule has 26 heavy (non-hydrogen) atoms. The first-order valence-corrected chi connectivity index (χ1v) is 8.82. The Labute approximate surface area is 153 Å². The van der Waals surface area contributed by atoms with Gasteiger partial charge in [0.25, 0.3) is 0 Å². The summed E-state index contributed by atoms with van der Waals surface area (Å²) in [5, 5.41) is 12.0. The van der Waals surface area contributed by atoms with Crippen LogP contribution in [0.5, 0.6) is 0 Å². The first kappa shape index (κ1) is 19.9. The maximum atomic E-state index is 12.9. The van der Waals surface area contributed by atoms with Crippen LogP contribution < -0.4 is 5.32 Å². The Balaban J connectivity index is 2.17. The van der Waals surface area contributed by atoms with Gasteiger partial charge in [-0.2, -0.15) is 4.79 Å². The number of carbonyl (C=O) groups excluding carboxylic acids is 2. The van der Waals surface area contributed by atoms with Crippen molar-refractivity contribution in [2.45, 2.75) is 51.7 Å². The molecule has 0 spiro atoms. The van der Waals surface area contributed by atoms with Crippen LogP contribution in [0.25, 0.3) is 0 Å². The van der Waals surface area contributed by atoms with E-state index in [-0.39, 0.29) is 6.42 Å². The second kappa shape index (κ2) is 7.86. The number of carbonyl (C=O) groups is 3. The number of amides is 3. The van der Waals surface area contributed by atoms with E-state index >= 15 is 0 Å². The molecule has 1 atom stereocenters. The molecule has 0 aromatic heterocycles. The number of urea groups is 1. The lowest BCUT2D eigenvalue weighted by Crippen LogP contribution is -2.62. The highest BCUT2D eigenvalue weighted by Crippen LogP contribution is 2.25. The summed E-state index contributed by atoms with van der Waals surface area (Å²) in [4.78, 5) is 37.2. The second-order valence-electron chi connectivity index (χ2n) is 7.63. The summed E-state index contributed by atoms with van der Waals surface area (Å²) in [6.07, 6.45) is 0.943. The fourth-order valence-electron chi connectivity index (χ4n) is 3.02. The molecule has 1 aromatic rings. The van der Waals surface area contributed by atoms with Crippen LogP contribution in [0.3, 0.4) is 0 Å². The summed E-state index contributed by atoms with van der Waals surface area (Å²) in [6.45, 7) is 5.86. The smallest absolute Gasteiger partial charge is 0.480 e. The molecule has 3 amide bonds. The molecule has 142 valence electrons. The van der Waals surface area contributed by atoms with Gasteiger partial charge in [-0.3, -0.25) is 5.32 Å². The number of rotatable bonds is 4. The molecule has 1 aromatic carbocycles. The maximum absolute atomic E-state index is 12.9. The average Bonchev–Trinajstić information content (AvgIpc) is 3.04. The van der Waals surface area contributed by atoms with Crippen LogP contribution in [0, 0.1) is 0 Å². The van der Waals surface area contributed by atoms with E-state index in [0.717, 1.165) is 5.56 Å². The van der Waals surface area contributed by atoms with Crippen LogP contribution in [0.2, 0.25) is 0 Å². The van der Waals surface area contributed by atoms with Gasteiger partial charge in [0.2, 0.25) is 0 Å². The van der Waals surface area contributed by atoms with Gasteiger partial charge in [0.15, 0.2) is 0 Å². The molecule has 7 heteroatoms. The van der Waals surface area contributed by atoms with Gasteiger partial charge in [-0.1, -0.05) is 30.3 Å². The molecule has 7 nitrogen and oxygen atoms in total. The van der Waals surface area contributed by atoms with E-state index in [9.17, 15) is 19.5 Å². The molecule has 0 bridgehead atoms. The molecule has 1 fully saturated rings. The van der Waals surface area contributed by atoms with Gasteiger partial charge in [-0.15, -0.1) is 4.48 Å². The summed E-state index contributed by atoms with van der Waals surface area (Å²) in [6, 6.07) is 7.34. The number of nitrogens with zero attached hydrogens (tertiary/aromatic N) is 1. The highest BCUT2D eigenvalue weighted by atomic mass is 16.6. The van der Waals surface area contributed by atoms with Gasteiger partial charge in [-0.25, -0.2) is 9.59 Å². The van der Waals surface area contributed by atoms with Gasteiger partial charge < -0.3 is 9.84 Å². The molecule has 2 rings (SSSR count). The molecular formula is C19H27N2O5+. The SMILES string of the molecule is CC(C)(C)OC(=O)[N+]1(C(=O)NC(Cc2ccccc2)C(=O)O)CCCC1. The number of aliphatic carboxylic acids is 1. The van der Waals surface area contributed by atoms with Crippen molar-refractivity contribution in [1.82, 2.24) is 5.32 Å². The summed E-state index contributed by atoms with van der Waals surface area (Å²) >= 11 is 0. The lowest BCUT2D eigenvalue weighted by molar-refractivity contribution is -0.764. The molecule has 1 aliphatic rings. The number of carboxylic acids is 1. The van der Waals surface area contributed by atoms with Crippen molar-refractivity contribution in [3.8, 4) is 0 Å². The monoisotopic (exact) mass is 363 g/mol. The number of hydrogen-bond acceptors (Lipinski definition) is 4. The Morgan fingerprint density at radius 2 is 1.73 bits per heavy atom. The minimum atomic E-state index is -1.14. The van der Waals surface area contributed by atoms with Crippen LogP contribution in [0.15, 0.2) is 30.3 Å². The number of hydrogen-bond donors (Lipinski definition) is 2. The van der Waals surface area contributed by atoms with Crippen molar-refractivity contribution >= 4 is 18.1 Å². The first-order valence-electron chi connectivity index (χ1n) is 8.82. The van der Waals surface area contributed by atoms with Crippen molar-refractivity contribution in [2.24, 2.45) is 0 Å². The fourth-order valence-corrected chi connectivity index (χ4v) is 3.02. The molecule has 1 unspecified atom stereocenters. The zero-order chi connectivity index (χ0) is 19.4. The third kappa shape index (κ3) is 4.82. The Kier molecular flexibility index (Phi) is 6.02. The van der Waals surface area contributed by atoms with Crippen LogP contribution in [-0.2, 0) is 16.0 Å². The van der Waals surface area contributed by atoms with Gasteiger partial charge >= 0.3 is 18.1 Å². The highest BCUT2D eigenvalue weighted by Gasteiger charge is 2.51. The molecular weight excluding hydrogens is 336 g/mol. The highest BCUT2D eigenvalue weighted by molar-refractivity contribution is 5.85. The first-order chi connectivity index (χ1) is 12.1.